The number of carbonyl (C=O) groups is 1. The quantitative estimate of drug-likeness (QED) is 0.751. The minimum Gasteiger partial charge on any atom is -0.342 e. The second-order valence-electron chi connectivity index (χ2n) is 3.85. The van der Waals surface area contributed by atoms with Crippen LogP contribution in [0.1, 0.15) is 17.3 Å². The van der Waals surface area contributed by atoms with E-state index in [9.17, 15) is 4.79 Å². The predicted molar refractivity (Wildman–Crippen MR) is 66.6 cm³/mol. The topological polar surface area (TPSA) is 20.3 Å². The zero-order chi connectivity index (χ0) is 11.5. The Bertz CT molecular complexity index is 514. The SMILES string of the molecule is CCN(C)C(=O)c1cccc2ccccc12. The van der Waals surface area contributed by atoms with Crippen molar-refractivity contribution in [2.75, 3.05) is 13.6 Å². The molecule has 16 heavy (non-hydrogen) atoms. The van der Waals surface area contributed by atoms with E-state index in [0.29, 0.717) is 0 Å². The van der Waals surface area contributed by atoms with Crippen molar-refractivity contribution < 1.29 is 4.79 Å². The van der Waals surface area contributed by atoms with Gasteiger partial charge in [0.2, 0.25) is 0 Å². The summed E-state index contributed by atoms with van der Waals surface area (Å²) in [6.07, 6.45) is 0. The lowest BCUT2D eigenvalue weighted by Crippen LogP contribution is -2.26. The standard InChI is InChI=1S/C14H15NO/c1-3-15(2)14(16)13-10-6-8-11-7-4-5-9-12(11)13/h4-10H,3H2,1-2H3. The monoisotopic (exact) mass is 213 g/mol. The summed E-state index contributed by atoms with van der Waals surface area (Å²) < 4.78 is 0. The normalized spacial score (nSPS) is 10.4. The fourth-order valence-electron chi connectivity index (χ4n) is 1.76. The van der Waals surface area contributed by atoms with Crippen LogP contribution in [0.15, 0.2) is 42.5 Å². The molecule has 0 aromatic heterocycles. The van der Waals surface area contributed by atoms with E-state index in [2.05, 4.69) is 0 Å². The van der Waals surface area contributed by atoms with Crippen molar-refractivity contribution >= 4 is 16.7 Å². The van der Waals surface area contributed by atoms with Crippen LogP contribution in [0.4, 0.5) is 0 Å². The zero-order valence-electron chi connectivity index (χ0n) is 9.60. The van der Waals surface area contributed by atoms with Gasteiger partial charge in [-0.15, -0.1) is 0 Å². The number of hydrogen-bond acceptors (Lipinski definition) is 1. The smallest absolute Gasteiger partial charge is 0.254 e. The summed E-state index contributed by atoms with van der Waals surface area (Å²) in [5, 5.41) is 2.13. The van der Waals surface area contributed by atoms with E-state index < -0.39 is 0 Å². The first-order valence-electron chi connectivity index (χ1n) is 5.47. The summed E-state index contributed by atoms with van der Waals surface area (Å²) >= 11 is 0. The van der Waals surface area contributed by atoms with Gasteiger partial charge in [-0.2, -0.15) is 0 Å². The molecule has 2 rings (SSSR count). The lowest BCUT2D eigenvalue weighted by atomic mass is 10.0. The third-order valence-electron chi connectivity index (χ3n) is 2.84. The maximum atomic E-state index is 12.1. The highest BCUT2D eigenvalue weighted by atomic mass is 16.2. The van der Waals surface area contributed by atoms with Crippen LogP contribution in [0.5, 0.6) is 0 Å². The second-order valence-corrected chi connectivity index (χ2v) is 3.85. The van der Waals surface area contributed by atoms with Crippen molar-refractivity contribution in [1.29, 1.82) is 0 Å². The van der Waals surface area contributed by atoms with E-state index in [4.69, 9.17) is 0 Å². The first kappa shape index (κ1) is 10.7. The molecule has 2 aromatic rings. The van der Waals surface area contributed by atoms with Gasteiger partial charge in [-0.05, 0) is 23.8 Å². The van der Waals surface area contributed by atoms with Gasteiger partial charge in [0, 0.05) is 19.2 Å². The van der Waals surface area contributed by atoms with Gasteiger partial charge in [0.25, 0.3) is 5.91 Å². The van der Waals surface area contributed by atoms with Crippen LogP contribution in [0.2, 0.25) is 0 Å². The van der Waals surface area contributed by atoms with Gasteiger partial charge in [0.15, 0.2) is 0 Å². The lowest BCUT2D eigenvalue weighted by molar-refractivity contribution is 0.0804. The van der Waals surface area contributed by atoms with Crippen molar-refractivity contribution in [3.05, 3.63) is 48.0 Å². The molecular weight excluding hydrogens is 198 g/mol. The third kappa shape index (κ3) is 1.78. The molecule has 0 heterocycles. The molecule has 0 spiro atoms. The largest absolute Gasteiger partial charge is 0.342 e. The minimum absolute atomic E-state index is 0.0827. The Labute approximate surface area is 95.5 Å². The highest BCUT2D eigenvalue weighted by Gasteiger charge is 2.12. The van der Waals surface area contributed by atoms with Gasteiger partial charge < -0.3 is 4.90 Å². The molecule has 0 atom stereocenters. The Kier molecular flexibility index (Phi) is 2.91. The molecule has 0 radical (unpaired) electrons. The lowest BCUT2D eigenvalue weighted by Gasteiger charge is -2.15. The third-order valence-corrected chi connectivity index (χ3v) is 2.84. The maximum Gasteiger partial charge on any atom is 0.254 e. The van der Waals surface area contributed by atoms with E-state index in [-0.39, 0.29) is 5.91 Å². The molecule has 0 fully saturated rings. The Morgan fingerprint density at radius 1 is 1.12 bits per heavy atom. The predicted octanol–water partition coefficient (Wildman–Crippen LogP) is 2.93. The van der Waals surface area contributed by atoms with Crippen molar-refractivity contribution in [3.8, 4) is 0 Å². The molecule has 0 aliphatic rings. The molecule has 2 aromatic carbocycles. The van der Waals surface area contributed by atoms with Crippen LogP contribution >= 0.6 is 0 Å². The molecule has 0 unspecified atom stereocenters. The van der Waals surface area contributed by atoms with Crippen LogP contribution in [0.25, 0.3) is 10.8 Å². The summed E-state index contributed by atoms with van der Waals surface area (Å²) in [5.74, 6) is 0.0827. The first-order chi connectivity index (χ1) is 7.74. The Morgan fingerprint density at radius 2 is 1.81 bits per heavy atom. The molecule has 0 aliphatic carbocycles. The molecule has 2 heteroatoms. The van der Waals surface area contributed by atoms with Gasteiger partial charge in [0.1, 0.15) is 0 Å². The number of fused-ring (bicyclic) bond motifs is 1. The highest BCUT2D eigenvalue weighted by Crippen LogP contribution is 2.19. The summed E-state index contributed by atoms with van der Waals surface area (Å²) in [6.45, 7) is 2.70. The van der Waals surface area contributed by atoms with E-state index >= 15 is 0 Å². The number of carbonyl (C=O) groups excluding carboxylic acids is 1. The summed E-state index contributed by atoms with van der Waals surface area (Å²) in [6, 6.07) is 13.8. The summed E-state index contributed by atoms with van der Waals surface area (Å²) in [5.41, 5.74) is 0.780. The maximum absolute atomic E-state index is 12.1. The number of benzene rings is 2. The Balaban J connectivity index is 2.56. The molecule has 0 saturated heterocycles. The van der Waals surface area contributed by atoms with Crippen LogP contribution in [0.3, 0.4) is 0 Å². The first-order valence-corrected chi connectivity index (χ1v) is 5.47. The molecule has 0 aliphatic heterocycles. The average Bonchev–Trinajstić information content (AvgIpc) is 2.36. The second kappa shape index (κ2) is 4.35. The van der Waals surface area contributed by atoms with Gasteiger partial charge in [-0.25, -0.2) is 0 Å². The molecule has 0 N–H and O–H groups in total. The van der Waals surface area contributed by atoms with Crippen molar-refractivity contribution in [3.63, 3.8) is 0 Å². The molecule has 0 bridgehead atoms. The molecule has 1 amide bonds. The molecule has 0 saturated carbocycles. The van der Waals surface area contributed by atoms with Gasteiger partial charge in [-0.1, -0.05) is 36.4 Å². The fraction of sp³-hybridized carbons (Fsp3) is 0.214. The van der Waals surface area contributed by atoms with Crippen LogP contribution in [-0.2, 0) is 0 Å². The molecule has 82 valence electrons. The van der Waals surface area contributed by atoms with Crippen molar-refractivity contribution in [2.24, 2.45) is 0 Å². The number of hydrogen-bond donors (Lipinski definition) is 0. The Hall–Kier alpha value is -1.83. The number of nitrogens with zero attached hydrogens (tertiary/aromatic N) is 1. The molecular formula is C14H15NO. The zero-order valence-corrected chi connectivity index (χ0v) is 9.60. The minimum atomic E-state index is 0.0827. The average molecular weight is 213 g/mol. The highest BCUT2D eigenvalue weighted by molar-refractivity contribution is 6.06. The van der Waals surface area contributed by atoms with E-state index in [0.717, 1.165) is 22.9 Å². The van der Waals surface area contributed by atoms with Gasteiger partial charge in [0.05, 0.1) is 0 Å². The van der Waals surface area contributed by atoms with Gasteiger partial charge >= 0.3 is 0 Å². The molecule has 2 nitrogen and oxygen atoms in total. The van der Waals surface area contributed by atoms with Crippen LogP contribution < -0.4 is 0 Å². The summed E-state index contributed by atoms with van der Waals surface area (Å²) in [4.78, 5) is 13.8. The van der Waals surface area contributed by atoms with E-state index in [1.54, 1.807) is 4.90 Å². The van der Waals surface area contributed by atoms with Crippen molar-refractivity contribution in [1.82, 2.24) is 4.90 Å². The summed E-state index contributed by atoms with van der Waals surface area (Å²) in [7, 11) is 1.82. The van der Waals surface area contributed by atoms with E-state index in [1.165, 1.54) is 0 Å². The fourth-order valence-corrected chi connectivity index (χ4v) is 1.76. The van der Waals surface area contributed by atoms with Gasteiger partial charge in [-0.3, -0.25) is 4.79 Å². The Morgan fingerprint density at radius 3 is 2.56 bits per heavy atom. The van der Waals surface area contributed by atoms with Crippen molar-refractivity contribution in [2.45, 2.75) is 6.92 Å². The number of amides is 1. The van der Waals surface area contributed by atoms with E-state index in [1.807, 2.05) is 56.4 Å². The number of rotatable bonds is 2. The van der Waals surface area contributed by atoms with Crippen LogP contribution in [0, 0.1) is 0 Å². The van der Waals surface area contributed by atoms with Crippen LogP contribution in [-0.4, -0.2) is 24.4 Å².